The maximum absolute atomic E-state index is 13.6. The van der Waals surface area contributed by atoms with E-state index in [0.717, 1.165) is 62.4 Å². The Morgan fingerprint density at radius 2 is 0.600 bits per heavy atom. The largest absolute Gasteiger partial charge is 0.457 e. The number of nitrogens with one attached hydrogen (secondary N) is 3. The minimum absolute atomic E-state index is 0.313. The lowest BCUT2D eigenvalue weighted by molar-refractivity contribution is -0.120. The van der Waals surface area contributed by atoms with Gasteiger partial charge in [-0.2, -0.15) is 0 Å². The van der Waals surface area contributed by atoms with E-state index in [-0.39, 0.29) is 0 Å². The van der Waals surface area contributed by atoms with Crippen LogP contribution in [-0.4, -0.2) is 340 Å². The second kappa shape index (κ2) is 59.0. The van der Waals surface area contributed by atoms with Crippen molar-refractivity contribution in [3.8, 4) is 57.1 Å². The third-order valence-electron chi connectivity index (χ3n) is 18.7. The van der Waals surface area contributed by atoms with Crippen LogP contribution in [-0.2, 0) is 90.1 Å². The lowest BCUT2D eigenvalue weighted by atomic mass is 10.1. The second-order valence-electron chi connectivity index (χ2n) is 27.6. The number of hydrogen-bond donors (Lipinski definition) is 5. The van der Waals surface area contributed by atoms with Crippen LogP contribution in [0, 0.1) is 0 Å². The predicted molar refractivity (Wildman–Crippen MR) is 491 cm³/mol. The molecule has 3 aromatic heterocycles. The standard InChI is InChI=1S/C87H119N11O21S6/c1-101-17-23-107-29-35-113-41-47-120-72-54-65-66(55-73(72)121-48-42-114-36-30-108-24-18-102-2)83-94-81(65)92-79-63-15-14-62(119-61-12-10-60(11-13-61)87(100)90-71(78(89)99)9-7-8-16-88)53-64(63)80(91-79)93-82-67-56-74(122-49-43-115-37-31-109-25-19-103-3)75(123-50-44-116-38-32-110-26-20-104-4)57-68(67)84(95-82)97-86-70-59-77(125-52-46-118-40-34-112-28-22-106-6)76(58-69(70)85(96-83)98-86)124-51-45-117-39-33-111-27-21-105-5/h10-15,53-59,71H,7-9,16-52,88H2,1-6H3,(H2,89,99)(H,90,100)(H2,91,92,93,94,95,96,97,98)/t71-/m0/s1. The first-order valence-corrected chi connectivity index (χ1v) is 47.7. The van der Waals surface area contributed by atoms with Gasteiger partial charge in [0, 0.05) is 156 Å². The number of primary amides is 1. The number of carbonyl (C=O) groups is 2. The van der Waals surface area contributed by atoms with Crippen molar-refractivity contribution in [1.29, 1.82) is 0 Å². The van der Waals surface area contributed by atoms with E-state index < -0.39 is 17.9 Å². The van der Waals surface area contributed by atoms with Crippen molar-refractivity contribution in [2.75, 3.05) is 282 Å². The maximum atomic E-state index is 13.6. The van der Waals surface area contributed by atoms with E-state index in [1.54, 1.807) is 137 Å². The zero-order valence-electron chi connectivity index (χ0n) is 72.2. The molecule has 0 saturated heterocycles. The fourth-order valence-corrected chi connectivity index (χ4v) is 18.4. The molecule has 684 valence electrons. The number of aromatic nitrogens is 8. The van der Waals surface area contributed by atoms with E-state index in [4.69, 9.17) is 131 Å². The minimum atomic E-state index is -0.862. The number of ether oxygens (including phenoxy) is 19. The summed E-state index contributed by atoms with van der Waals surface area (Å²) >= 11 is 10.0. The number of methoxy groups -OCH3 is 6. The summed E-state index contributed by atoms with van der Waals surface area (Å²) in [7, 11) is 9.89. The molecule has 8 aromatic rings. The molecule has 5 heterocycles. The highest BCUT2D eigenvalue weighted by atomic mass is 32.2. The molecule has 7 N–H and O–H groups in total. The third kappa shape index (κ3) is 33.8. The van der Waals surface area contributed by atoms with Crippen LogP contribution < -0.4 is 21.5 Å². The van der Waals surface area contributed by atoms with Crippen molar-refractivity contribution in [2.24, 2.45) is 11.5 Å². The van der Waals surface area contributed by atoms with Gasteiger partial charge in [0.1, 0.15) is 40.1 Å². The number of benzene rings is 5. The first kappa shape index (κ1) is 101. The summed E-state index contributed by atoms with van der Waals surface area (Å²) in [5.41, 5.74) is 16.6. The third-order valence-corrected chi connectivity index (χ3v) is 25.2. The summed E-state index contributed by atoms with van der Waals surface area (Å²) in [6, 6.07) is 24.4. The average Bonchev–Trinajstić information content (AvgIpc) is 1.59. The number of nitrogens with zero attached hydrogens (tertiary/aromatic N) is 6. The van der Waals surface area contributed by atoms with Crippen LogP contribution in [0.1, 0.15) is 29.6 Å². The first-order chi connectivity index (χ1) is 61.5. The maximum Gasteiger partial charge on any atom is 0.251 e. The van der Waals surface area contributed by atoms with Crippen molar-refractivity contribution in [3.05, 3.63) is 84.4 Å². The molecule has 0 saturated carbocycles. The van der Waals surface area contributed by atoms with Crippen molar-refractivity contribution in [2.45, 2.75) is 54.7 Å². The number of H-pyrrole nitrogens is 2. The molecule has 1 atom stereocenters. The van der Waals surface area contributed by atoms with Gasteiger partial charge in [0.15, 0.2) is 23.3 Å². The van der Waals surface area contributed by atoms with Crippen LogP contribution in [0.15, 0.2) is 108 Å². The van der Waals surface area contributed by atoms with Gasteiger partial charge in [-0.1, -0.05) is 0 Å². The Hall–Kier alpha value is -6.46. The topological polar surface area (TPSA) is 382 Å². The predicted octanol–water partition coefficient (Wildman–Crippen LogP) is 12.0. The van der Waals surface area contributed by atoms with Crippen LogP contribution >= 0.6 is 70.6 Å². The van der Waals surface area contributed by atoms with Gasteiger partial charge in [-0.25, -0.2) is 29.9 Å². The Bertz CT molecular complexity index is 4720. The van der Waals surface area contributed by atoms with E-state index in [1.807, 2.05) is 18.2 Å². The number of aromatic amines is 2. The summed E-state index contributed by atoms with van der Waals surface area (Å²) in [6.45, 7) is 14.2. The Morgan fingerprint density at radius 1 is 0.328 bits per heavy atom. The lowest BCUT2D eigenvalue weighted by Crippen LogP contribution is -2.44. The van der Waals surface area contributed by atoms with Gasteiger partial charge in [-0.15, -0.1) is 70.6 Å². The molecule has 125 heavy (non-hydrogen) atoms. The lowest BCUT2D eigenvalue weighted by Gasteiger charge is -2.15. The number of thioether (sulfide) groups is 6. The highest BCUT2D eigenvalue weighted by molar-refractivity contribution is 8.03. The van der Waals surface area contributed by atoms with Gasteiger partial charge in [0.2, 0.25) is 5.91 Å². The van der Waals surface area contributed by atoms with Crippen molar-refractivity contribution in [1.82, 2.24) is 45.2 Å². The van der Waals surface area contributed by atoms with E-state index in [0.29, 0.717) is 332 Å². The van der Waals surface area contributed by atoms with Crippen LogP contribution in [0.4, 0.5) is 0 Å². The molecular formula is C87H119N11O21S6. The number of fused-ring (bicyclic) bond motifs is 20. The Balaban J connectivity index is 1.16. The van der Waals surface area contributed by atoms with Gasteiger partial charge in [-0.05, 0) is 105 Å². The number of amides is 2. The number of rotatable bonds is 69. The molecule has 0 radical (unpaired) electrons. The average molecular weight is 1850 g/mol. The quantitative estimate of drug-likeness (QED) is 0.0175. The van der Waals surface area contributed by atoms with Gasteiger partial charge < -0.3 is 117 Å². The molecule has 2 aliphatic heterocycles. The van der Waals surface area contributed by atoms with Crippen LogP contribution in [0.5, 0.6) is 11.5 Å². The van der Waals surface area contributed by atoms with Crippen LogP contribution in [0.3, 0.4) is 0 Å². The Labute approximate surface area is 755 Å². The fraction of sp³-hybridized carbons (Fsp3) is 0.540. The molecule has 0 fully saturated rings. The molecule has 32 nitrogen and oxygen atoms in total. The van der Waals surface area contributed by atoms with Crippen molar-refractivity contribution >= 4 is 127 Å². The van der Waals surface area contributed by atoms with E-state index in [9.17, 15) is 9.59 Å². The first-order valence-electron chi connectivity index (χ1n) is 41.8. The Kier molecular flexibility index (Phi) is 47.5. The van der Waals surface area contributed by atoms with E-state index >= 15 is 0 Å². The molecule has 2 aliphatic rings. The van der Waals surface area contributed by atoms with Gasteiger partial charge in [-0.3, -0.25) is 9.59 Å². The highest BCUT2D eigenvalue weighted by Crippen LogP contribution is 2.46. The summed E-state index contributed by atoms with van der Waals surface area (Å²) < 4.78 is 109. The number of unbranched alkanes of at least 4 members (excludes halogenated alkanes) is 1. The molecular weight excluding hydrogens is 1730 g/mol. The van der Waals surface area contributed by atoms with E-state index in [1.165, 1.54) is 0 Å². The van der Waals surface area contributed by atoms with Crippen LogP contribution in [0.25, 0.3) is 89.7 Å². The highest BCUT2D eigenvalue weighted by Gasteiger charge is 2.28. The molecule has 8 bridgehead atoms. The monoisotopic (exact) mass is 1850 g/mol. The molecule has 38 heteroatoms. The molecule has 0 unspecified atom stereocenters. The smallest absolute Gasteiger partial charge is 0.251 e. The van der Waals surface area contributed by atoms with Gasteiger partial charge >= 0.3 is 0 Å². The molecule has 0 aliphatic carbocycles. The second-order valence-corrected chi connectivity index (χ2v) is 34.4. The molecule has 2 amide bonds. The SMILES string of the molecule is COCCOCCOCCSc1cc2c(cc1SCCOCCOCCOC)-c1nc-2nc2[nH]c(nc3nc(nc4[nH]c(n1)c1cc(SCCOCCOCCOC)c(SCCOCCOCCOC)cc41)-c1cc(SCCOCCOCCOC)c(SCCOCCOCCOC)cc1-3)c1cc(Oc3ccc(C(=O)N[C@@H](CCCCN)C(N)=O)cc3)ccc21. The summed E-state index contributed by atoms with van der Waals surface area (Å²) in [4.78, 5) is 72.8. The number of hydrogen-bond acceptors (Lipinski definition) is 34. The van der Waals surface area contributed by atoms with Gasteiger partial charge in [0.25, 0.3) is 5.91 Å². The summed E-state index contributed by atoms with van der Waals surface area (Å²) in [6.07, 6.45) is 1.68. The van der Waals surface area contributed by atoms with Crippen molar-refractivity contribution < 1.29 is 99.6 Å². The molecule has 10 rings (SSSR count). The zero-order chi connectivity index (χ0) is 87.7. The van der Waals surface area contributed by atoms with Gasteiger partial charge in [0.05, 0.1) is 198 Å². The van der Waals surface area contributed by atoms with Crippen LogP contribution in [0.2, 0.25) is 0 Å². The fourth-order valence-electron chi connectivity index (χ4n) is 12.4. The molecule has 5 aromatic carbocycles. The Morgan fingerprint density at radius 3 is 0.896 bits per heavy atom. The zero-order valence-corrected chi connectivity index (χ0v) is 77.1. The minimum Gasteiger partial charge on any atom is -0.457 e. The number of carbonyl (C=O) groups excluding carboxylic acids is 2. The normalized spacial score (nSPS) is 12.2. The summed E-state index contributed by atoms with van der Waals surface area (Å²) in [5.74, 6) is 5.09. The van der Waals surface area contributed by atoms with E-state index in [2.05, 4.69) is 51.7 Å². The van der Waals surface area contributed by atoms with Crippen molar-refractivity contribution in [3.63, 3.8) is 0 Å². The summed E-state index contributed by atoms with van der Waals surface area (Å²) in [5, 5.41) is 5.68. The molecule has 0 spiro atoms. The number of nitrogens with two attached hydrogens (primary N) is 2.